The Morgan fingerprint density at radius 3 is 2.60 bits per heavy atom. The van der Waals surface area contributed by atoms with Crippen molar-refractivity contribution in [2.45, 2.75) is 0 Å². The number of hydrogen-bond donors (Lipinski definition) is 2. The molecule has 0 atom stereocenters. The average Bonchev–Trinajstić information content (AvgIpc) is 1.88. The third kappa shape index (κ3) is 1.90. The van der Waals surface area contributed by atoms with E-state index in [-0.39, 0.29) is 5.11 Å². The largest absolute Gasteiger partial charge is 0.376 e. The number of aromatic nitrogens is 3. The molecule has 0 aliphatic rings. The molecule has 10 heavy (non-hydrogen) atoms. The Bertz CT molecular complexity index is 222. The number of rotatable bonds is 1. The fourth-order valence-corrected chi connectivity index (χ4v) is 0.505. The van der Waals surface area contributed by atoms with Gasteiger partial charge in [-0.05, 0) is 12.2 Å². The summed E-state index contributed by atoms with van der Waals surface area (Å²) in [6, 6.07) is 0. The van der Waals surface area contributed by atoms with Gasteiger partial charge in [-0.15, -0.1) is 0 Å². The number of nitrogens with one attached hydrogen (secondary N) is 1. The highest BCUT2D eigenvalue weighted by atomic mass is 32.1. The summed E-state index contributed by atoms with van der Waals surface area (Å²) < 4.78 is 0. The van der Waals surface area contributed by atoms with E-state index >= 15 is 0 Å². The molecule has 0 aliphatic carbocycles. The lowest BCUT2D eigenvalue weighted by Crippen LogP contribution is -2.20. The summed E-state index contributed by atoms with van der Waals surface area (Å²) in [7, 11) is 0. The van der Waals surface area contributed by atoms with Crippen molar-refractivity contribution < 1.29 is 0 Å². The highest BCUT2D eigenvalue weighted by molar-refractivity contribution is 7.80. The maximum atomic E-state index is 5.14. The Balaban J connectivity index is 2.67. The van der Waals surface area contributed by atoms with E-state index in [1.165, 1.54) is 12.7 Å². The van der Waals surface area contributed by atoms with Crippen LogP contribution in [0.5, 0.6) is 0 Å². The maximum absolute atomic E-state index is 5.14. The van der Waals surface area contributed by atoms with Crippen molar-refractivity contribution in [2.24, 2.45) is 5.73 Å². The Kier molecular flexibility index (Phi) is 2.06. The van der Waals surface area contributed by atoms with Gasteiger partial charge in [0, 0.05) is 0 Å². The Hall–Kier alpha value is -1.30. The zero-order valence-electron chi connectivity index (χ0n) is 4.98. The molecular weight excluding hydrogens is 150 g/mol. The predicted octanol–water partition coefficient (Wildman–Crippen LogP) is -0.473. The molecule has 1 aromatic rings. The highest BCUT2D eigenvalue weighted by Crippen LogP contribution is 1.89. The molecule has 0 unspecified atom stereocenters. The van der Waals surface area contributed by atoms with E-state index in [1.807, 2.05) is 0 Å². The maximum Gasteiger partial charge on any atom is 0.231 e. The third-order valence-electron chi connectivity index (χ3n) is 0.728. The molecule has 52 valence electrons. The number of thiocarbonyl (C=S) groups is 1. The van der Waals surface area contributed by atoms with Crippen LogP contribution in [0.15, 0.2) is 12.7 Å². The van der Waals surface area contributed by atoms with Gasteiger partial charge < -0.3 is 11.1 Å². The second-order valence-corrected chi connectivity index (χ2v) is 1.89. The van der Waals surface area contributed by atoms with Gasteiger partial charge >= 0.3 is 0 Å². The number of nitrogens with two attached hydrogens (primary N) is 1. The van der Waals surface area contributed by atoms with Crippen LogP contribution in [0.2, 0.25) is 0 Å². The monoisotopic (exact) mass is 155 g/mol. The summed E-state index contributed by atoms with van der Waals surface area (Å²) in [5, 5.41) is 2.70. The fourth-order valence-electron chi connectivity index (χ4n) is 0.414. The molecule has 0 fully saturated rings. The van der Waals surface area contributed by atoms with E-state index in [4.69, 9.17) is 5.73 Å². The first-order valence-electron chi connectivity index (χ1n) is 2.47. The van der Waals surface area contributed by atoms with Crippen LogP contribution in [0.25, 0.3) is 0 Å². The van der Waals surface area contributed by atoms with Crippen molar-refractivity contribution in [2.75, 3.05) is 5.32 Å². The van der Waals surface area contributed by atoms with Crippen molar-refractivity contribution in [3.8, 4) is 0 Å². The fraction of sp³-hybridized carbons (Fsp3) is 0. The number of nitrogens with zero attached hydrogens (tertiary/aromatic N) is 3. The number of anilines is 1. The second-order valence-electron chi connectivity index (χ2n) is 1.45. The smallest absolute Gasteiger partial charge is 0.231 e. The van der Waals surface area contributed by atoms with Gasteiger partial charge in [-0.2, -0.15) is 0 Å². The molecule has 0 saturated carbocycles. The van der Waals surface area contributed by atoms with Crippen LogP contribution in [-0.2, 0) is 0 Å². The lowest BCUT2D eigenvalue weighted by atomic mass is 10.9. The molecule has 0 aliphatic heterocycles. The molecule has 1 aromatic heterocycles. The molecule has 0 aromatic carbocycles. The van der Waals surface area contributed by atoms with Gasteiger partial charge in [0.1, 0.15) is 12.7 Å². The average molecular weight is 155 g/mol. The van der Waals surface area contributed by atoms with E-state index < -0.39 is 0 Å². The minimum absolute atomic E-state index is 0.145. The van der Waals surface area contributed by atoms with E-state index in [0.29, 0.717) is 5.95 Å². The Morgan fingerprint density at radius 1 is 1.50 bits per heavy atom. The van der Waals surface area contributed by atoms with Crippen LogP contribution in [0, 0.1) is 0 Å². The molecule has 0 spiro atoms. The summed E-state index contributed by atoms with van der Waals surface area (Å²) in [6.07, 6.45) is 2.71. The minimum atomic E-state index is 0.145. The van der Waals surface area contributed by atoms with Gasteiger partial charge in [-0.25, -0.2) is 15.0 Å². The molecule has 0 radical (unpaired) electrons. The molecule has 3 N–H and O–H groups in total. The quantitative estimate of drug-likeness (QED) is 0.534. The summed E-state index contributed by atoms with van der Waals surface area (Å²) in [5.41, 5.74) is 5.14. The van der Waals surface area contributed by atoms with Gasteiger partial charge in [0.15, 0.2) is 5.11 Å². The summed E-state index contributed by atoms with van der Waals surface area (Å²) in [4.78, 5) is 11.0. The Morgan fingerprint density at radius 2 is 2.10 bits per heavy atom. The first kappa shape index (κ1) is 6.81. The summed E-state index contributed by atoms with van der Waals surface area (Å²) in [6.45, 7) is 0. The Labute approximate surface area is 62.7 Å². The van der Waals surface area contributed by atoms with Crippen molar-refractivity contribution in [1.82, 2.24) is 15.0 Å². The van der Waals surface area contributed by atoms with Gasteiger partial charge in [-0.1, -0.05) is 0 Å². The topological polar surface area (TPSA) is 76.7 Å². The van der Waals surface area contributed by atoms with Gasteiger partial charge in [0.25, 0.3) is 0 Å². The molecule has 0 saturated heterocycles. The van der Waals surface area contributed by atoms with Crippen molar-refractivity contribution in [3.05, 3.63) is 12.7 Å². The SMILES string of the molecule is NC(=S)Nc1ncncn1. The van der Waals surface area contributed by atoms with E-state index in [9.17, 15) is 0 Å². The lowest BCUT2D eigenvalue weighted by Gasteiger charge is -1.97. The molecule has 5 nitrogen and oxygen atoms in total. The van der Waals surface area contributed by atoms with Gasteiger partial charge in [0.05, 0.1) is 0 Å². The standard InChI is InChI=1S/C4H5N5S/c5-3(10)9-4-7-1-6-2-8-4/h1-2H,(H3,5,6,7,8,9,10). The van der Waals surface area contributed by atoms with E-state index in [2.05, 4.69) is 32.5 Å². The first-order chi connectivity index (χ1) is 4.79. The first-order valence-corrected chi connectivity index (χ1v) is 2.88. The van der Waals surface area contributed by atoms with E-state index in [0.717, 1.165) is 0 Å². The zero-order valence-corrected chi connectivity index (χ0v) is 5.80. The third-order valence-corrected chi connectivity index (χ3v) is 0.830. The van der Waals surface area contributed by atoms with Crippen LogP contribution in [-0.4, -0.2) is 20.1 Å². The molecule has 1 heterocycles. The van der Waals surface area contributed by atoms with Crippen LogP contribution >= 0.6 is 12.2 Å². The van der Waals surface area contributed by atoms with Crippen LogP contribution < -0.4 is 11.1 Å². The van der Waals surface area contributed by atoms with Crippen molar-refractivity contribution in [1.29, 1.82) is 0 Å². The summed E-state index contributed by atoms with van der Waals surface area (Å²) >= 11 is 4.54. The number of hydrogen-bond acceptors (Lipinski definition) is 4. The van der Waals surface area contributed by atoms with Crippen LogP contribution in [0.4, 0.5) is 5.95 Å². The lowest BCUT2D eigenvalue weighted by molar-refractivity contribution is 1.06. The van der Waals surface area contributed by atoms with Gasteiger partial charge in [0.2, 0.25) is 5.95 Å². The van der Waals surface area contributed by atoms with E-state index in [1.54, 1.807) is 0 Å². The van der Waals surface area contributed by atoms with Crippen LogP contribution in [0.3, 0.4) is 0 Å². The minimum Gasteiger partial charge on any atom is -0.376 e. The van der Waals surface area contributed by atoms with Gasteiger partial charge in [-0.3, -0.25) is 0 Å². The second kappa shape index (κ2) is 3.02. The normalized spacial score (nSPS) is 8.80. The molecular formula is C4H5N5S. The van der Waals surface area contributed by atoms with Crippen LogP contribution in [0.1, 0.15) is 0 Å². The molecule has 0 bridgehead atoms. The van der Waals surface area contributed by atoms with Crippen molar-refractivity contribution in [3.63, 3.8) is 0 Å². The molecule has 6 heteroatoms. The molecule has 0 amide bonds. The van der Waals surface area contributed by atoms with Crippen molar-refractivity contribution >= 4 is 23.3 Å². The molecule has 1 rings (SSSR count). The summed E-state index contributed by atoms with van der Waals surface area (Å²) in [5.74, 6) is 0.363. The highest BCUT2D eigenvalue weighted by Gasteiger charge is 1.91. The zero-order chi connectivity index (χ0) is 7.40. The predicted molar refractivity (Wildman–Crippen MR) is 40.2 cm³/mol.